The number of halogens is 6. The van der Waals surface area contributed by atoms with E-state index in [0.29, 0.717) is 0 Å². The summed E-state index contributed by atoms with van der Waals surface area (Å²) in [4.78, 5) is -0.196. The second kappa shape index (κ2) is 4.40. The van der Waals surface area contributed by atoms with Gasteiger partial charge in [-0.1, -0.05) is 0 Å². The molecule has 7 heteroatoms. The summed E-state index contributed by atoms with van der Waals surface area (Å²) in [5, 5.41) is 0. The molecule has 0 saturated carbocycles. The lowest BCUT2D eigenvalue weighted by Crippen LogP contribution is -1.99. The smallest absolute Gasteiger partial charge is 0.206 e. The highest BCUT2D eigenvalue weighted by molar-refractivity contribution is 9.11. The molecule has 0 N–H and O–H groups in total. The predicted molar refractivity (Wildman–Crippen MR) is 53.7 cm³/mol. The van der Waals surface area contributed by atoms with Crippen LogP contribution in [0, 0.1) is 5.82 Å². The van der Waals surface area contributed by atoms with Crippen molar-refractivity contribution in [3.05, 3.63) is 26.9 Å². The third-order valence-corrected chi connectivity index (χ3v) is 3.52. The molecule has 0 unspecified atom stereocenters. The molecule has 78 valence electrons. The van der Waals surface area contributed by atoms with Crippen LogP contribution in [0.3, 0.4) is 0 Å². The van der Waals surface area contributed by atoms with E-state index in [4.69, 9.17) is 0 Å². The maximum atomic E-state index is 12.9. The van der Waals surface area contributed by atoms with Gasteiger partial charge in [-0.25, -0.2) is 4.39 Å². The van der Waals surface area contributed by atoms with Gasteiger partial charge in [0.05, 0.1) is 4.47 Å². The minimum Gasteiger partial charge on any atom is -0.206 e. The Kier molecular flexibility index (Phi) is 3.87. The maximum absolute atomic E-state index is 12.9. The fourth-order valence-electron chi connectivity index (χ4n) is 0.707. The summed E-state index contributed by atoms with van der Waals surface area (Å²) in [6, 6.07) is 2.07. The monoisotopic (exact) mass is 352 g/mol. The van der Waals surface area contributed by atoms with Crippen LogP contribution in [0.2, 0.25) is 0 Å². The Morgan fingerprint density at radius 1 is 1.07 bits per heavy atom. The molecule has 1 aromatic carbocycles. The molecule has 1 aromatic rings. The predicted octanol–water partition coefficient (Wildman–Crippen LogP) is 4.96. The topological polar surface area (TPSA) is 0 Å². The first-order valence-electron chi connectivity index (χ1n) is 3.20. The van der Waals surface area contributed by atoms with E-state index in [0.717, 1.165) is 6.07 Å². The standard InChI is InChI=1S/C7H2Br2F4S/c8-3-1-4(9)6(2-5(3)10)14-7(11,12)13/h1-2H. The van der Waals surface area contributed by atoms with Crippen LogP contribution in [0.15, 0.2) is 26.0 Å². The quantitative estimate of drug-likeness (QED) is 0.390. The molecule has 0 aromatic heterocycles. The van der Waals surface area contributed by atoms with Crippen LogP contribution in [-0.4, -0.2) is 5.51 Å². The van der Waals surface area contributed by atoms with Gasteiger partial charge in [-0.15, -0.1) is 0 Å². The van der Waals surface area contributed by atoms with Crippen LogP contribution >= 0.6 is 43.6 Å². The SMILES string of the molecule is Fc1cc(SC(F)(F)F)c(Br)cc1Br. The Morgan fingerprint density at radius 3 is 2.14 bits per heavy atom. The molecule has 0 aliphatic heterocycles. The molecular formula is C7H2Br2F4S. The maximum Gasteiger partial charge on any atom is 0.446 e. The summed E-state index contributed by atoms with van der Waals surface area (Å²) in [6.07, 6.45) is 0. The molecule has 0 spiro atoms. The van der Waals surface area contributed by atoms with Gasteiger partial charge in [0.2, 0.25) is 0 Å². The molecular weight excluding hydrogens is 352 g/mol. The molecule has 0 saturated heterocycles. The van der Waals surface area contributed by atoms with Crippen LogP contribution in [0.25, 0.3) is 0 Å². The average Bonchev–Trinajstić information content (AvgIpc) is 1.97. The van der Waals surface area contributed by atoms with E-state index in [2.05, 4.69) is 31.9 Å². The van der Waals surface area contributed by atoms with Crippen LogP contribution in [-0.2, 0) is 0 Å². The largest absolute Gasteiger partial charge is 0.446 e. The van der Waals surface area contributed by atoms with Crippen molar-refractivity contribution in [1.29, 1.82) is 0 Å². The van der Waals surface area contributed by atoms with Crippen molar-refractivity contribution < 1.29 is 17.6 Å². The van der Waals surface area contributed by atoms with E-state index in [1.54, 1.807) is 0 Å². The Morgan fingerprint density at radius 2 is 1.64 bits per heavy atom. The number of hydrogen-bond donors (Lipinski definition) is 0. The van der Waals surface area contributed by atoms with Crippen LogP contribution in [0.1, 0.15) is 0 Å². The highest BCUT2D eigenvalue weighted by Gasteiger charge is 2.30. The van der Waals surface area contributed by atoms with E-state index in [-0.39, 0.29) is 25.6 Å². The Balaban J connectivity index is 3.04. The molecule has 0 heterocycles. The fraction of sp³-hybridized carbons (Fsp3) is 0.143. The summed E-state index contributed by atoms with van der Waals surface area (Å²) in [6.45, 7) is 0. The second-order valence-electron chi connectivity index (χ2n) is 2.24. The molecule has 0 bridgehead atoms. The van der Waals surface area contributed by atoms with E-state index < -0.39 is 11.3 Å². The van der Waals surface area contributed by atoms with Gasteiger partial charge in [0.15, 0.2) is 0 Å². The van der Waals surface area contributed by atoms with Crippen LogP contribution in [0.4, 0.5) is 17.6 Å². The third kappa shape index (κ3) is 3.43. The van der Waals surface area contributed by atoms with Crippen molar-refractivity contribution in [2.45, 2.75) is 10.4 Å². The summed E-state index contributed by atoms with van der Waals surface area (Å²) in [7, 11) is 0. The molecule has 0 fully saturated rings. The zero-order valence-corrected chi connectivity index (χ0v) is 10.3. The lowest BCUT2D eigenvalue weighted by Gasteiger charge is -2.08. The lowest BCUT2D eigenvalue weighted by atomic mass is 10.3. The zero-order chi connectivity index (χ0) is 10.9. The first-order chi connectivity index (χ1) is 6.29. The average molecular weight is 354 g/mol. The van der Waals surface area contributed by atoms with Crippen molar-refractivity contribution in [2.24, 2.45) is 0 Å². The van der Waals surface area contributed by atoms with Gasteiger partial charge in [-0.05, 0) is 55.8 Å². The van der Waals surface area contributed by atoms with Gasteiger partial charge in [0.1, 0.15) is 5.82 Å². The van der Waals surface area contributed by atoms with Gasteiger partial charge in [-0.2, -0.15) is 13.2 Å². The van der Waals surface area contributed by atoms with Gasteiger partial charge < -0.3 is 0 Å². The zero-order valence-electron chi connectivity index (χ0n) is 6.33. The number of benzene rings is 1. The highest BCUT2D eigenvalue weighted by Crippen LogP contribution is 2.41. The van der Waals surface area contributed by atoms with Crippen LogP contribution in [0.5, 0.6) is 0 Å². The Labute approximate surface area is 98.3 Å². The van der Waals surface area contributed by atoms with E-state index >= 15 is 0 Å². The van der Waals surface area contributed by atoms with Gasteiger partial charge in [0.25, 0.3) is 0 Å². The minimum absolute atomic E-state index is 0.121. The van der Waals surface area contributed by atoms with Crippen molar-refractivity contribution in [3.8, 4) is 0 Å². The number of rotatable bonds is 1. The fourth-order valence-corrected chi connectivity index (χ4v) is 2.51. The first-order valence-corrected chi connectivity index (χ1v) is 5.60. The number of thioether (sulfide) groups is 1. The molecule has 0 radical (unpaired) electrons. The van der Waals surface area contributed by atoms with E-state index in [9.17, 15) is 17.6 Å². The number of alkyl halides is 3. The Bertz CT molecular complexity index is 350. The molecule has 0 aliphatic carbocycles. The van der Waals surface area contributed by atoms with Gasteiger partial charge in [-0.3, -0.25) is 0 Å². The van der Waals surface area contributed by atoms with E-state index in [1.807, 2.05) is 0 Å². The summed E-state index contributed by atoms with van der Waals surface area (Å²) in [5.41, 5.74) is -4.41. The number of hydrogen-bond acceptors (Lipinski definition) is 1. The van der Waals surface area contributed by atoms with Gasteiger partial charge >= 0.3 is 5.51 Å². The van der Waals surface area contributed by atoms with Crippen molar-refractivity contribution in [1.82, 2.24) is 0 Å². The summed E-state index contributed by atoms with van der Waals surface area (Å²) >= 11 is 5.42. The normalized spacial score (nSPS) is 11.9. The summed E-state index contributed by atoms with van der Waals surface area (Å²) in [5.74, 6) is -0.722. The lowest BCUT2D eigenvalue weighted by molar-refractivity contribution is -0.0328. The van der Waals surface area contributed by atoms with Crippen molar-refractivity contribution in [3.63, 3.8) is 0 Å². The molecule has 0 aliphatic rings. The van der Waals surface area contributed by atoms with Crippen molar-refractivity contribution >= 4 is 43.6 Å². The van der Waals surface area contributed by atoms with Crippen LogP contribution < -0.4 is 0 Å². The van der Waals surface area contributed by atoms with E-state index in [1.165, 1.54) is 6.07 Å². The molecule has 0 nitrogen and oxygen atoms in total. The molecule has 14 heavy (non-hydrogen) atoms. The molecule has 1 rings (SSSR count). The minimum atomic E-state index is -4.41. The Hall–Kier alpha value is 0.250. The molecule has 0 atom stereocenters. The highest BCUT2D eigenvalue weighted by atomic mass is 79.9. The molecule has 0 amide bonds. The third-order valence-electron chi connectivity index (χ3n) is 1.20. The second-order valence-corrected chi connectivity index (χ2v) is 5.06. The van der Waals surface area contributed by atoms with Crippen molar-refractivity contribution in [2.75, 3.05) is 0 Å². The first kappa shape index (κ1) is 12.3. The summed E-state index contributed by atoms with van der Waals surface area (Å²) < 4.78 is 49.1. The van der Waals surface area contributed by atoms with Gasteiger partial charge in [0, 0.05) is 9.37 Å².